The summed E-state index contributed by atoms with van der Waals surface area (Å²) in [6.45, 7) is 2.34. The second kappa shape index (κ2) is 8.49. The van der Waals surface area contributed by atoms with Crippen molar-refractivity contribution >= 4 is 28.4 Å². The molecule has 0 spiro atoms. The van der Waals surface area contributed by atoms with Crippen LogP contribution in [0.3, 0.4) is 0 Å². The molecule has 4 rings (SSSR count). The molecule has 2 amide bonds. The van der Waals surface area contributed by atoms with Crippen LogP contribution in [0.4, 0.5) is 5.69 Å². The van der Waals surface area contributed by atoms with E-state index >= 15 is 0 Å². The molecule has 1 atom stereocenters. The van der Waals surface area contributed by atoms with Crippen LogP contribution in [0.2, 0.25) is 0 Å². The molecule has 0 saturated carbocycles. The Hall–Kier alpha value is -3.12. The quantitative estimate of drug-likeness (QED) is 0.633. The van der Waals surface area contributed by atoms with E-state index in [-0.39, 0.29) is 24.3 Å². The van der Waals surface area contributed by atoms with E-state index in [1.165, 1.54) is 5.56 Å². The average molecular weight is 391 g/mol. The lowest BCUT2D eigenvalue weighted by atomic mass is 10.0. The van der Waals surface area contributed by atoms with Gasteiger partial charge in [0.05, 0.1) is 0 Å². The fourth-order valence-corrected chi connectivity index (χ4v) is 3.86. The van der Waals surface area contributed by atoms with Gasteiger partial charge in [-0.15, -0.1) is 0 Å². The van der Waals surface area contributed by atoms with E-state index in [4.69, 9.17) is 4.84 Å². The molecule has 3 aromatic rings. The maximum absolute atomic E-state index is 12.6. The van der Waals surface area contributed by atoms with Gasteiger partial charge >= 0.3 is 0 Å². The molecule has 29 heavy (non-hydrogen) atoms. The summed E-state index contributed by atoms with van der Waals surface area (Å²) >= 11 is 0. The SMILES string of the molecule is C[C@@H](Cc1c[nH]c2ccccc12)C(=O)NOCC(=O)N1CCCc2ccccc21. The van der Waals surface area contributed by atoms with Crippen LogP contribution in [0.5, 0.6) is 0 Å². The fraction of sp³-hybridized carbons (Fsp3) is 0.304. The van der Waals surface area contributed by atoms with Gasteiger partial charge in [0.25, 0.3) is 5.91 Å². The number of aromatic amines is 1. The van der Waals surface area contributed by atoms with Crippen molar-refractivity contribution < 1.29 is 14.4 Å². The van der Waals surface area contributed by atoms with Gasteiger partial charge in [-0.1, -0.05) is 43.3 Å². The van der Waals surface area contributed by atoms with Crippen LogP contribution >= 0.6 is 0 Å². The first-order valence-electron chi connectivity index (χ1n) is 9.98. The number of anilines is 1. The predicted octanol–water partition coefficient (Wildman–Crippen LogP) is 3.37. The highest BCUT2D eigenvalue weighted by Crippen LogP contribution is 2.26. The first-order valence-corrected chi connectivity index (χ1v) is 9.98. The van der Waals surface area contributed by atoms with Crippen molar-refractivity contribution in [3.63, 3.8) is 0 Å². The molecule has 0 saturated heterocycles. The van der Waals surface area contributed by atoms with Crippen molar-refractivity contribution in [3.05, 3.63) is 65.9 Å². The van der Waals surface area contributed by atoms with E-state index in [1.54, 1.807) is 4.90 Å². The van der Waals surface area contributed by atoms with Gasteiger partial charge in [-0.25, -0.2) is 5.48 Å². The fourth-order valence-electron chi connectivity index (χ4n) is 3.86. The number of hydroxylamine groups is 1. The maximum Gasteiger partial charge on any atom is 0.255 e. The standard InChI is InChI=1S/C23H25N3O3/c1-16(13-18-14-24-20-10-4-3-9-19(18)20)23(28)25-29-15-22(27)26-12-6-8-17-7-2-5-11-21(17)26/h2-5,7,9-11,14,16,24H,6,8,12-13,15H2,1H3,(H,25,28)/t16-/m0/s1. The van der Waals surface area contributed by atoms with E-state index < -0.39 is 0 Å². The van der Waals surface area contributed by atoms with Crippen LogP contribution < -0.4 is 10.4 Å². The average Bonchev–Trinajstić information content (AvgIpc) is 3.16. The number of hydrogen-bond acceptors (Lipinski definition) is 3. The lowest BCUT2D eigenvalue weighted by Gasteiger charge is -2.29. The van der Waals surface area contributed by atoms with Gasteiger partial charge in [-0.05, 0) is 42.5 Å². The molecule has 6 nitrogen and oxygen atoms in total. The molecular weight excluding hydrogens is 366 g/mol. The number of nitrogens with one attached hydrogen (secondary N) is 2. The number of rotatable bonds is 6. The minimum Gasteiger partial charge on any atom is -0.361 e. The third kappa shape index (κ3) is 4.17. The van der Waals surface area contributed by atoms with Crippen molar-refractivity contribution in [2.75, 3.05) is 18.1 Å². The normalized spacial score (nSPS) is 14.4. The number of benzene rings is 2. The summed E-state index contributed by atoms with van der Waals surface area (Å²) < 4.78 is 0. The predicted molar refractivity (Wildman–Crippen MR) is 112 cm³/mol. The number of amides is 2. The second-order valence-electron chi connectivity index (χ2n) is 7.50. The Morgan fingerprint density at radius 1 is 1.17 bits per heavy atom. The molecular formula is C23H25N3O3. The molecule has 2 N–H and O–H groups in total. The molecule has 0 radical (unpaired) electrons. The van der Waals surface area contributed by atoms with Gasteiger partial charge in [0.15, 0.2) is 6.61 Å². The molecule has 1 aliphatic rings. The highest BCUT2D eigenvalue weighted by Gasteiger charge is 2.23. The number of carbonyl (C=O) groups is 2. The molecule has 1 aliphatic heterocycles. The minimum atomic E-state index is -0.278. The molecule has 0 bridgehead atoms. The number of carbonyl (C=O) groups excluding carboxylic acids is 2. The minimum absolute atomic E-state index is 0.151. The Bertz CT molecular complexity index is 1030. The molecule has 0 aliphatic carbocycles. The van der Waals surface area contributed by atoms with Gasteiger partial charge in [-0.3, -0.25) is 14.4 Å². The largest absolute Gasteiger partial charge is 0.361 e. The molecule has 1 aromatic heterocycles. The number of hydrogen-bond donors (Lipinski definition) is 2. The number of nitrogens with zero attached hydrogens (tertiary/aromatic N) is 1. The van der Waals surface area contributed by atoms with E-state index in [2.05, 4.69) is 10.5 Å². The van der Waals surface area contributed by atoms with Crippen LogP contribution in [0.15, 0.2) is 54.7 Å². The molecule has 2 aromatic carbocycles. The summed E-state index contributed by atoms with van der Waals surface area (Å²) in [7, 11) is 0. The summed E-state index contributed by atoms with van der Waals surface area (Å²) in [5, 5.41) is 1.12. The number of aromatic nitrogens is 1. The van der Waals surface area contributed by atoms with Crippen molar-refractivity contribution in [3.8, 4) is 0 Å². The third-order valence-corrected chi connectivity index (χ3v) is 5.43. The zero-order valence-electron chi connectivity index (χ0n) is 16.5. The summed E-state index contributed by atoms with van der Waals surface area (Å²) in [4.78, 5) is 35.2. The number of aryl methyl sites for hydroxylation is 1. The van der Waals surface area contributed by atoms with Crippen molar-refractivity contribution in [1.82, 2.24) is 10.5 Å². The maximum atomic E-state index is 12.6. The van der Waals surface area contributed by atoms with E-state index in [1.807, 2.05) is 61.7 Å². The van der Waals surface area contributed by atoms with Crippen LogP contribution in [-0.4, -0.2) is 29.9 Å². The van der Waals surface area contributed by atoms with Gasteiger partial charge < -0.3 is 9.88 Å². The monoisotopic (exact) mass is 391 g/mol. The Labute approximate surface area is 169 Å². The summed E-state index contributed by atoms with van der Waals surface area (Å²) in [5.74, 6) is -0.663. The highest BCUT2D eigenvalue weighted by atomic mass is 16.7. The van der Waals surface area contributed by atoms with Gasteiger partial charge in [0.1, 0.15) is 0 Å². The molecule has 0 unspecified atom stereocenters. The van der Waals surface area contributed by atoms with Gasteiger partial charge in [0.2, 0.25) is 5.91 Å². The second-order valence-corrected chi connectivity index (χ2v) is 7.50. The molecule has 0 fully saturated rings. The first-order chi connectivity index (χ1) is 14.1. The van der Waals surface area contributed by atoms with Gasteiger partial charge in [0, 0.05) is 35.2 Å². The third-order valence-electron chi connectivity index (χ3n) is 5.43. The number of H-pyrrole nitrogens is 1. The smallest absolute Gasteiger partial charge is 0.255 e. The molecule has 2 heterocycles. The van der Waals surface area contributed by atoms with Crippen LogP contribution in [0, 0.1) is 5.92 Å². The summed E-state index contributed by atoms with van der Waals surface area (Å²) in [5.41, 5.74) is 6.69. The van der Waals surface area contributed by atoms with Crippen LogP contribution in [0.1, 0.15) is 24.5 Å². The zero-order valence-corrected chi connectivity index (χ0v) is 16.5. The van der Waals surface area contributed by atoms with Crippen molar-refractivity contribution in [1.29, 1.82) is 0 Å². The Kier molecular flexibility index (Phi) is 5.62. The van der Waals surface area contributed by atoms with Crippen molar-refractivity contribution in [2.24, 2.45) is 5.92 Å². The van der Waals surface area contributed by atoms with E-state index in [9.17, 15) is 9.59 Å². The Morgan fingerprint density at radius 2 is 1.97 bits per heavy atom. The summed E-state index contributed by atoms with van der Waals surface area (Å²) in [6.07, 6.45) is 4.43. The van der Waals surface area contributed by atoms with Crippen LogP contribution in [0.25, 0.3) is 10.9 Å². The van der Waals surface area contributed by atoms with E-state index in [0.29, 0.717) is 13.0 Å². The number of fused-ring (bicyclic) bond motifs is 2. The Morgan fingerprint density at radius 3 is 2.86 bits per heavy atom. The highest BCUT2D eigenvalue weighted by molar-refractivity contribution is 5.95. The molecule has 6 heteroatoms. The lowest BCUT2D eigenvalue weighted by Crippen LogP contribution is -2.40. The van der Waals surface area contributed by atoms with Crippen molar-refractivity contribution in [2.45, 2.75) is 26.2 Å². The van der Waals surface area contributed by atoms with E-state index in [0.717, 1.165) is 35.0 Å². The number of para-hydroxylation sites is 2. The lowest BCUT2D eigenvalue weighted by molar-refractivity contribution is -0.141. The zero-order chi connectivity index (χ0) is 20.2. The first kappa shape index (κ1) is 19.2. The Balaban J connectivity index is 1.29. The van der Waals surface area contributed by atoms with Crippen LogP contribution in [-0.2, 0) is 27.3 Å². The molecule has 150 valence electrons. The topological polar surface area (TPSA) is 74.4 Å². The summed E-state index contributed by atoms with van der Waals surface area (Å²) in [6, 6.07) is 15.9. The van der Waals surface area contributed by atoms with Gasteiger partial charge in [-0.2, -0.15) is 0 Å².